The number of benzene rings is 2. The van der Waals surface area contributed by atoms with Gasteiger partial charge in [0.25, 0.3) is 0 Å². The highest BCUT2D eigenvalue weighted by atomic mass is 16.5. The Labute approximate surface area is 161 Å². The molecule has 0 atom stereocenters. The second kappa shape index (κ2) is 8.35. The van der Waals surface area contributed by atoms with Crippen LogP contribution in [-0.4, -0.2) is 33.8 Å². The van der Waals surface area contributed by atoms with Gasteiger partial charge in [-0.05, 0) is 49.4 Å². The van der Waals surface area contributed by atoms with Crippen LogP contribution in [0, 0.1) is 0 Å². The van der Waals surface area contributed by atoms with Crippen LogP contribution < -0.4 is 0 Å². The van der Waals surface area contributed by atoms with E-state index in [0.29, 0.717) is 0 Å². The Bertz CT molecular complexity index is 1060. The highest BCUT2D eigenvalue weighted by Crippen LogP contribution is 2.26. The van der Waals surface area contributed by atoms with Gasteiger partial charge in [-0.2, -0.15) is 0 Å². The zero-order valence-corrected chi connectivity index (χ0v) is 15.3. The normalized spacial score (nSPS) is 11.0. The summed E-state index contributed by atoms with van der Waals surface area (Å²) in [5, 5.41) is 10.4. The summed E-state index contributed by atoms with van der Waals surface area (Å²) in [5.41, 5.74) is 2.58. The molecule has 0 saturated heterocycles. The zero-order valence-electron chi connectivity index (χ0n) is 15.3. The van der Waals surface area contributed by atoms with Gasteiger partial charge in [0.05, 0.1) is 18.5 Å². The first kappa shape index (κ1) is 19.1. The van der Waals surface area contributed by atoms with Gasteiger partial charge in [-0.25, -0.2) is 4.79 Å². The van der Waals surface area contributed by atoms with E-state index in [4.69, 9.17) is 0 Å². The number of hydrogen-bond donors (Lipinski definition) is 1. The number of phenolic OH excluding ortho intramolecular Hbond substituents is 1. The predicted molar refractivity (Wildman–Crippen MR) is 105 cm³/mol. The summed E-state index contributed by atoms with van der Waals surface area (Å²) in [6.07, 6.45) is 4.26. The van der Waals surface area contributed by atoms with Crippen LogP contribution in [0.3, 0.4) is 0 Å². The summed E-state index contributed by atoms with van der Waals surface area (Å²) in [6.45, 7) is 1.68. The summed E-state index contributed by atoms with van der Waals surface area (Å²) in [4.78, 5) is 35.0. The summed E-state index contributed by atoms with van der Waals surface area (Å²) in [5.74, 6) is -2.15. The number of ether oxygens (including phenoxy) is 1. The molecule has 28 heavy (non-hydrogen) atoms. The van der Waals surface area contributed by atoms with Crippen molar-refractivity contribution in [1.82, 2.24) is 4.57 Å². The highest BCUT2D eigenvalue weighted by molar-refractivity contribution is 6.37. The molecular weight excluding hydrogens is 358 g/mol. The molecule has 0 amide bonds. The summed E-state index contributed by atoms with van der Waals surface area (Å²) >= 11 is 0. The minimum atomic E-state index is -0.992. The van der Waals surface area contributed by atoms with Gasteiger partial charge in [0.2, 0.25) is 5.78 Å². The Morgan fingerprint density at radius 2 is 1.79 bits per heavy atom. The first-order chi connectivity index (χ1) is 13.5. The van der Waals surface area contributed by atoms with E-state index in [-0.39, 0.29) is 12.4 Å². The molecule has 1 heterocycles. The van der Waals surface area contributed by atoms with Gasteiger partial charge in [-0.3, -0.25) is 9.59 Å². The third kappa shape index (κ3) is 4.17. The molecule has 1 N–H and O–H groups in total. The molecule has 0 aliphatic rings. The number of para-hydroxylation sites is 1. The van der Waals surface area contributed by atoms with Crippen LogP contribution in [0.25, 0.3) is 22.7 Å². The van der Waals surface area contributed by atoms with Crippen molar-refractivity contribution in [3.63, 3.8) is 0 Å². The molecule has 0 aliphatic heterocycles. The molecule has 2 aromatic carbocycles. The Hall–Kier alpha value is -3.67. The van der Waals surface area contributed by atoms with E-state index in [1.165, 1.54) is 6.08 Å². The van der Waals surface area contributed by atoms with Gasteiger partial charge in [0, 0.05) is 22.8 Å². The summed E-state index contributed by atoms with van der Waals surface area (Å²) < 4.78 is 6.55. The van der Waals surface area contributed by atoms with Gasteiger partial charge in [0.15, 0.2) is 5.78 Å². The van der Waals surface area contributed by atoms with E-state index in [1.54, 1.807) is 37.3 Å². The SMILES string of the molecule is CCOC(=O)C(=O)CC(=O)/C=C/c1cn(-c2ccc(O)cc2)c2ccccc12. The van der Waals surface area contributed by atoms with Crippen LogP contribution in [0.15, 0.2) is 60.8 Å². The maximum atomic E-state index is 12.0. The van der Waals surface area contributed by atoms with Gasteiger partial charge < -0.3 is 14.4 Å². The Kier molecular flexibility index (Phi) is 5.69. The van der Waals surface area contributed by atoms with Crippen molar-refractivity contribution in [3.8, 4) is 11.4 Å². The lowest BCUT2D eigenvalue weighted by Crippen LogP contribution is -2.19. The fourth-order valence-corrected chi connectivity index (χ4v) is 2.85. The second-order valence-corrected chi connectivity index (χ2v) is 6.11. The summed E-state index contributed by atoms with van der Waals surface area (Å²) in [7, 11) is 0. The zero-order chi connectivity index (χ0) is 20.1. The smallest absolute Gasteiger partial charge is 0.375 e. The minimum Gasteiger partial charge on any atom is -0.508 e. The molecule has 0 aliphatic carbocycles. The lowest BCUT2D eigenvalue weighted by molar-refractivity contribution is -0.154. The van der Waals surface area contributed by atoms with Crippen molar-refractivity contribution in [1.29, 1.82) is 0 Å². The van der Waals surface area contributed by atoms with Gasteiger partial charge in [0.1, 0.15) is 5.75 Å². The molecule has 6 heteroatoms. The van der Waals surface area contributed by atoms with Gasteiger partial charge >= 0.3 is 5.97 Å². The van der Waals surface area contributed by atoms with Crippen molar-refractivity contribution >= 4 is 34.5 Å². The average Bonchev–Trinajstić information content (AvgIpc) is 3.06. The molecule has 0 spiro atoms. The van der Waals surface area contributed by atoms with E-state index in [2.05, 4.69) is 4.74 Å². The van der Waals surface area contributed by atoms with Crippen LogP contribution in [-0.2, 0) is 19.1 Å². The van der Waals surface area contributed by atoms with Crippen LogP contribution in [0.5, 0.6) is 5.75 Å². The Morgan fingerprint density at radius 3 is 2.50 bits per heavy atom. The standard InChI is InChI=1S/C22H19NO5/c1-2-28-22(27)21(26)13-18(25)10-7-15-14-23(16-8-11-17(24)12-9-16)20-6-4-3-5-19(15)20/h3-12,14,24H,2,13H2,1H3/b10-7+. The Morgan fingerprint density at radius 1 is 1.07 bits per heavy atom. The largest absolute Gasteiger partial charge is 0.508 e. The van der Waals surface area contributed by atoms with E-state index >= 15 is 0 Å². The molecular formula is C22H19NO5. The topological polar surface area (TPSA) is 85.6 Å². The number of phenols is 1. The van der Waals surface area contributed by atoms with Gasteiger partial charge in [-0.15, -0.1) is 0 Å². The Balaban J connectivity index is 1.86. The van der Waals surface area contributed by atoms with Gasteiger partial charge in [-0.1, -0.05) is 18.2 Å². The first-order valence-electron chi connectivity index (χ1n) is 8.80. The molecule has 0 bridgehead atoms. The van der Waals surface area contributed by atoms with Crippen LogP contribution in [0.1, 0.15) is 18.9 Å². The number of nitrogens with zero attached hydrogens (tertiary/aromatic N) is 1. The third-order valence-corrected chi connectivity index (χ3v) is 4.16. The van der Waals surface area contributed by atoms with E-state index < -0.39 is 24.0 Å². The second-order valence-electron chi connectivity index (χ2n) is 6.11. The number of aromatic nitrogens is 1. The lowest BCUT2D eigenvalue weighted by Gasteiger charge is -2.05. The lowest BCUT2D eigenvalue weighted by atomic mass is 10.1. The van der Waals surface area contributed by atoms with E-state index in [1.807, 2.05) is 35.0 Å². The van der Waals surface area contributed by atoms with E-state index in [9.17, 15) is 19.5 Å². The van der Waals surface area contributed by atoms with Crippen molar-refractivity contribution in [2.45, 2.75) is 13.3 Å². The quantitative estimate of drug-likeness (QED) is 0.295. The average molecular weight is 377 g/mol. The molecule has 0 fully saturated rings. The van der Waals surface area contributed by atoms with E-state index in [0.717, 1.165) is 22.2 Å². The highest BCUT2D eigenvalue weighted by Gasteiger charge is 2.17. The number of carbonyl (C=O) groups excluding carboxylic acids is 3. The maximum Gasteiger partial charge on any atom is 0.375 e. The molecule has 3 aromatic rings. The molecule has 142 valence electrons. The molecule has 3 rings (SSSR count). The number of aromatic hydroxyl groups is 1. The summed E-state index contributed by atoms with van der Waals surface area (Å²) in [6, 6.07) is 14.5. The number of allylic oxidation sites excluding steroid dienone is 1. The number of Topliss-reactive ketones (excluding diaryl/α,β-unsaturated/α-hetero) is 1. The number of esters is 1. The van der Waals surface area contributed by atoms with Crippen LogP contribution >= 0.6 is 0 Å². The number of hydrogen-bond acceptors (Lipinski definition) is 5. The number of rotatable bonds is 7. The first-order valence-corrected chi connectivity index (χ1v) is 8.80. The fourth-order valence-electron chi connectivity index (χ4n) is 2.85. The molecule has 0 unspecified atom stereocenters. The van der Waals surface area contributed by atoms with Crippen molar-refractivity contribution in [2.24, 2.45) is 0 Å². The number of carbonyl (C=O) groups is 3. The predicted octanol–water partition coefficient (Wildman–Crippen LogP) is 3.44. The third-order valence-electron chi connectivity index (χ3n) is 4.16. The molecule has 1 aromatic heterocycles. The fraction of sp³-hybridized carbons (Fsp3) is 0.136. The van der Waals surface area contributed by atoms with Crippen molar-refractivity contribution < 1.29 is 24.2 Å². The monoisotopic (exact) mass is 377 g/mol. The number of ketones is 2. The minimum absolute atomic E-state index is 0.0887. The number of fused-ring (bicyclic) bond motifs is 1. The maximum absolute atomic E-state index is 12.0. The molecule has 0 saturated carbocycles. The van der Waals surface area contributed by atoms with Crippen molar-refractivity contribution in [3.05, 3.63) is 66.4 Å². The molecule has 0 radical (unpaired) electrons. The molecule has 6 nitrogen and oxygen atoms in total. The van der Waals surface area contributed by atoms with Crippen molar-refractivity contribution in [2.75, 3.05) is 6.61 Å². The van der Waals surface area contributed by atoms with Crippen LogP contribution in [0.2, 0.25) is 0 Å². The van der Waals surface area contributed by atoms with Crippen LogP contribution in [0.4, 0.5) is 0 Å².